The van der Waals surface area contributed by atoms with Gasteiger partial charge >= 0.3 is 5.97 Å². The molecule has 124 valence electrons. The van der Waals surface area contributed by atoms with E-state index in [0.29, 0.717) is 6.42 Å². The zero-order valence-corrected chi connectivity index (χ0v) is 14.9. The smallest absolute Gasteiger partial charge is 0.303 e. The van der Waals surface area contributed by atoms with Crippen molar-refractivity contribution in [1.82, 2.24) is 4.90 Å². The summed E-state index contributed by atoms with van der Waals surface area (Å²) in [5, 5.41) is 7.91. The molecule has 0 aromatic carbocycles. The summed E-state index contributed by atoms with van der Waals surface area (Å²) in [6, 6.07) is 0. The van der Waals surface area contributed by atoms with Crippen molar-refractivity contribution in [2.45, 2.75) is 86.5 Å². The summed E-state index contributed by atoms with van der Waals surface area (Å²) in [4.78, 5) is 12.0. The number of unbranched alkanes of at least 4 members (excludes halogenated alkanes) is 4. The van der Waals surface area contributed by atoms with E-state index in [9.17, 15) is 4.79 Å². The van der Waals surface area contributed by atoms with Gasteiger partial charge in [0.2, 0.25) is 0 Å². The van der Waals surface area contributed by atoms with E-state index in [1.54, 1.807) is 0 Å². The maximum absolute atomic E-state index is 9.60. The first kappa shape index (κ1) is 24.4. The summed E-state index contributed by atoms with van der Waals surface area (Å²) in [5.74, 6) is -0.711. The normalized spacial score (nSPS) is 9.35. The molecule has 20 heavy (non-hydrogen) atoms. The lowest BCUT2D eigenvalue weighted by Crippen LogP contribution is -2.21. The summed E-state index contributed by atoms with van der Waals surface area (Å²) >= 11 is 0. The van der Waals surface area contributed by atoms with E-state index in [4.69, 9.17) is 5.11 Å². The van der Waals surface area contributed by atoms with Gasteiger partial charge in [0.25, 0.3) is 0 Å². The molecule has 0 aliphatic heterocycles. The van der Waals surface area contributed by atoms with Crippen LogP contribution in [0.3, 0.4) is 0 Å². The number of rotatable bonds is 9. The number of nitrogens with zero attached hydrogens (tertiary/aromatic N) is 1. The van der Waals surface area contributed by atoms with Crippen molar-refractivity contribution in [2.24, 2.45) is 0 Å². The van der Waals surface area contributed by atoms with E-state index in [0.717, 1.165) is 6.42 Å². The summed E-state index contributed by atoms with van der Waals surface area (Å²) in [6.07, 6.45) is 8.03. The quantitative estimate of drug-likeness (QED) is 0.593. The van der Waals surface area contributed by atoms with Crippen LogP contribution in [0, 0.1) is 0 Å². The number of carbonyl (C=O) groups is 1. The maximum Gasteiger partial charge on any atom is 0.303 e. The molecule has 3 heteroatoms. The molecule has 0 amide bonds. The van der Waals surface area contributed by atoms with Gasteiger partial charge in [-0.15, -0.1) is 0 Å². The van der Waals surface area contributed by atoms with Gasteiger partial charge < -0.3 is 10.0 Å². The Bertz CT molecular complexity index is 159. The van der Waals surface area contributed by atoms with Crippen LogP contribution in [0.15, 0.2) is 0 Å². The lowest BCUT2D eigenvalue weighted by molar-refractivity contribution is -0.137. The minimum absolute atomic E-state index is 0.292. The third-order valence-electron chi connectivity index (χ3n) is 3.01. The Kier molecular flexibility index (Phi) is 28.7. The molecular formula is C17H39NO2. The van der Waals surface area contributed by atoms with Gasteiger partial charge in [0.15, 0.2) is 0 Å². The van der Waals surface area contributed by atoms with Crippen molar-refractivity contribution in [2.75, 3.05) is 19.6 Å². The predicted octanol–water partition coefficient (Wildman–Crippen LogP) is 5.20. The van der Waals surface area contributed by atoms with Gasteiger partial charge in [0, 0.05) is 6.42 Å². The molecule has 0 unspecified atom stereocenters. The average molecular weight is 290 g/mol. The van der Waals surface area contributed by atoms with Crippen LogP contribution in [-0.2, 0) is 4.79 Å². The van der Waals surface area contributed by atoms with Gasteiger partial charge in [-0.05, 0) is 26.1 Å². The first-order valence-electron chi connectivity index (χ1n) is 8.47. The van der Waals surface area contributed by atoms with Gasteiger partial charge in [-0.3, -0.25) is 4.79 Å². The number of hydrogen-bond acceptors (Lipinski definition) is 2. The first-order valence-corrected chi connectivity index (χ1v) is 8.47. The van der Waals surface area contributed by atoms with Gasteiger partial charge in [-0.2, -0.15) is 0 Å². The predicted molar refractivity (Wildman–Crippen MR) is 90.4 cm³/mol. The molecule has 0 radical (unpaired) electrons. The molecule has 0 rings (SSSR count). The molecule has 0 atom stereocenters. The average Bonchev–Trinajstić information content (AvgIpc) is 2.43. The van der Waals surface area contributed by atoms with Crippen molar-refractivity contribution in [3.8, 4) is 0 Å². The monoisotopic (exact) mass is 289 g/mol. The molecule has 0 bridgehead atoms. The second kappa shape index (κ2) is 23.5. The Morgan fingerprint density at radius 2 is 1.15 bits per heavy atom. The number of hydrogen-bond donors (Lipinski definition) is 1. The highest BCUT2D eigenvalue weighted by Gasteiger charge is 1.89. The Hall–Kier alpha value is -0.570. The van der Waals surface area contributed by atoms with Crippen LogP contribution in [-0.4, -0.2) is 35.6 Å². The van der Waals surface area contributed by atoms with Crippen LogP contribution >= 0.6 is 0 Å². The van der Waals surface area contributed by atoms with Crippen molar-refractivity contribution >= 4 is 5.97 Å². The van der Waals surface area contributed by atoms with Gasteiger partial charge in [-0.1, -0.05) is 73.6 Å². The fraction of sp³-hybridized carbons (Fsp3) is 0.941. The molecule has 0 aliphatic carbocycles. The van der Waals surface area contributed by atoms with E-state index >= 15 is 0 Å². The van der Waals surface area contributed by atoms with Crippen LogP contribution in [0.25, 0.3) is 0 Å². The zero-order valence-electron chi connectivity index (χ0n) is 14.9. The second-order valence-corrected chi connectivity index (χ2v) is 4.82. The highest BCUT2D eigenvalue weighted by atomic mass is 16.4. The van der Waals surface area contributed by atoms with Crippen molar-refractivity contribution in [1.29, 1.82) is 0 Å². The van der Waals surface area contributed by atoms with Crippen molar-refractivity contribution in [3.63, 3.8) is 0 Å². The van der Waals surface area contributed by atoms with Crippen LogP contribution in [0.4, 0.5) is 0 Å². The van der Waals surface area contributed by atoms with E-state index in [2.05, 4.69) is 39.5 Å². The molecular weight excluding hydrogens is 250 g/mol. The molecule has 0 aromatic heterocycles. The van der Waals surface area contributed by atoms with Gasteiger partial charge in [-0.25, -0.2) is 0 Å². The summed E-state index contributed by atoms with van der Waals surface area (Å²) < 4.78 is 0. The van der Waals surface area contributed by atoms with Gasteiger partial charge in [0.05, 0.1) is 0 Å². The lowest BCUT2D eigenvalue weighted by atomic mass is 10.2. The fourth-order valence-electron chi connectivity index (χ4n) is 1.56. The SMILES string of the molecule is CCCC(=O)O.CCCCCCC.CCN(CC)CC. The summed E-state index contributed by atoms with van der Waals surface area (Å²) in [6.45, 7) is 16.5. The van der Waals surface area contributed by atoms with E-state index in [1.807, 2.05) is 6.92 Å². The third kappa shape index (κ3) is 30.5. The van der Waals surface area contributed by atoms with Crippen molar-refractivity contribution in [3.05, 3.63) is 0 Å². The summed E-state index contributed by atoms with van der Waals surface area (Å²) in [5.41, 5.74) is 0. The highest BCUT2D eigenvalue weighted by Crippen LogP contribution is 2.00. The largest absolute Gasteiger partial charge is 0.481 e. The Morgan fingerprint density at radius 1 is 0.750 bits per heavy atom. The third-order valence-corrected chi connectivity index (χ3v) is 3.01. The minimum atomic E-state index is -0.711. The molecule has 0 saturated carbocycles. The molecule has 0 spiro atoms. The van der Waals surface area contributed by atoms with E-state index in [-0.39, 0.29) is 0 Å². The number of aliphatic carboxylic acids is 1. The van der Waals surface area contributed by atoms with E-state index in [1.165, 1.54) is 51.7 Å². The van der Waals surface area contributed by atoms with E-state index < -0.39 is 5.97 Å². The molecule has 0 aromatic rings. The standard InChI is InChI=1S/C7H16.C6H15N.C4H8O2/c1-3-5-7-6-4-2;1-4-7(5-2)6-3;1-2-3-4(5)6/h3-7H2,1-2H3;4-6H2,1-3H3;2-3H2,1H3,(H,5,6). The Balaban J connectivity index is -0.000000218. The number of carboxylic acid groups (broad SMARTS) is 1. The zero-order chi connectivity index (χ0) is 16.2. The molecule has 0 aliphatic rings. The second-order valence-electron chi connectivity index (χ2n) is 4.82. The lowest BCUT2D eigenvalue weighted by Gasteiger charge is -2.13. The van der Waals surface area contributed by atoms with Crippen molar-refractivity contribution < 1.29 is 9.90 Å². The molecule has 0 heterocycles. The van der Waals surface area contributed by atoms with Crippen LogP contribution in [0.1, 0.15) is 86.5 Å². The molecule has 3 nitrogen and oxygen atoms in total. The van der Waals surface area contributed by atoms with Crippen LogP contribution in [0.2, 0.25) is 0 Å². The first-order chi connectivity index (χ1) is 9.53. The minimum Gasteiger partial charge on any atom is -0.481 e. The Labute approximate surface area is 127 Å². The Morgan fingerprint density at radius 3 is 1.25 bits per heavy atom. The van der Waals surface area contributed by atoms with Crippen LogP contribution < -0.4 is 0 Å². The van der Waals surface area contributed by atoms with Crippen LogP contribution in [0.5, 0.6) is 0 Å². The highest BCUT2D eigenvalue weighted by molar-refractivity contribution is 5.66. The topological polar surface area (TPSA) is 40.5 Å². The fourth-order valence-corrected chi connectivity index (χ4v) is 1.56. The number of carboxylic acids is 1. The molecule has 0 saturated heterocycles. The van der Waals surface area contributed by atoms with Gasteiger partial charge in [0.1, 0.15) is 0 Å². The molecule has 0 fully saturated rings. The molecule has 1 N–H and O–H groups in total. The summed E-state index contributed by atoms with van der Waals surface area (Å²) in [7, 11) is 0. The maximum atomic E-state index is 9.60.